The van der Waals surface area contributed by atoms with Crippen molar-refractivity contribution in [1.29, 1.82) is 0 Å². The van der Waals surface area contributed by atoms with Gasteiger partial charge in [0.15, 0.2) is 0 Å². The smallest absolute Gasteiger partial charge is 0.312 e. The molecule has 5 N–H and O–H groups in total. The Balaban J connectivity index is 4.05. The van der Waals surface area contributed by atoms with Crippen molar-refractivity contribution in [2.45, 2.75) is 46.1 Å². The van der Waals surface area contributed by atoms with Crippen LogP contribution in [0.15, 0.2) is 0 Å². The summed E-state index contributed by atoms with van der Waals surface area (Å²) in [5.41, 5.74) is 10.6. The molecule has 84 valence electrons. The largest absolute Gasteiger partial charge is 0.352 e. The third kappa shape index (κ3) is 5.80. The molecule has 1 unspecified atom stereocenters. The number of hydrogen-bond donors (Lipinski definition) is 3. The van der Waals surface area contributed by atoms with E-state index in [9.17, 15) is 4.79 Å². The molecule has 0 aliphatic rings. The Labute approximate surface area is 86.4 Å². The highest BCUT2D eigenvalue weighted by atomic mass is 16.2. The fourth-order valence-electron chi connectivity index (χ4n) is 1.39. The second-order valence-electron chi connectivity index (χ2n) is 4.71. The molecule has 0 fully saturated rings. The van der Waals surface area contributed by atoms with Gasteiger partial charge in [0.05, 0.1) is 0 Å². The topological polar surface area (TPSA) is 81.1 Å². The molecule has 0 aromatic carbocycles. The molecule has 0 saturated heterocycles. The van der Waals surface area contributed by atoms with Crippen molar-refractivity contribution in [2.75, 3.05) is 6.54 Å². The fourth-order valence-corrected chi connectivity index (χ4v) is 1.39. The van der Waals surface area contributed by atoms with Crippen molar-refractivity contribution in [1.82, 2.24) is 5.32 Å². The number of nitrogens with one attached hydrogen (secondary N) is 1. The number of primary amides is 1. The monoisotopic (exact) mass is 201 g/mol. The van der Waals surface area contributed by atoms with Crippen LogP contribution < -0.4 is 16.8 Å². The predicted molar refractivity (Wildman–Crippen MR) is 58.9 cm³/mol. The van der Waals surface area contributed by atoms with Crippen LogP contribution in [0, 0.1) is 5.41 Å². The van der Waals surface area contributed by atoms with Crippen molar-refractivity contribution in [3.63, 3.8) is 0 Å². The summed E-state index contributed by atoms with van der Waals surface area (Å²) in [6, 6.07) is -0.316. The molecule has 0 spiro atoms. The highest BCUT2D eigenvalue weighted by molar-refractivity contribution is 5.72. The number of urea groups is 1. The zero-order chi connectivity index (χ0) is 11.2. The molecule has 0 saturated carbocycles. The van der Waals surface area contributed by atoms with Gasteiger partial charge < -0.3 is 16.8 Å². The van der Waals surface area contributed by atoms with Crippen LogP contribution in [0.3, 0.4) is 0 Å². The first-order valence-corrected chi connectivity index (χ1v) is 5.14. The summed E-state index contributed by atoms with van der Waals surface area (Å²) in [6.45, 7) is 6.98. The summed E-state index contributed by atoms with van der Waals surface area (Å²) in [5.74, 6) is 0. The van der Waals surface area contributed by atoms with Crippen molar-refractivity contribution in [3.05, 3.63) is 0 Å². The van der Waals surface area contributed by atoms with E-state index in [1.54, 1.807) is 0 Å². The molecule has 0 aliphatic heterocycles. The summed E-state index contributed by atoms with van der Waals surface area (Å²) in [5, 5.41) is 2.78. The quantitative estimate of drug-likeness (QED) is 0.584. The van der Waals surface area contributed by atoms with Gasteiger partial charge >= 0.3 is 6.03 Å². The van der Waals surface area contributed by atoms with E-state index in [1.165, 1.54) is 0 Å². The van der Waals surface area contributed by atoms with Crippen LogP contribution in [0.4, 0.5) is 4.79 Å². The maximum Gasteiger partial charge on any atom is 0.312 e. The minimum absolute atomic E-state index is 0.0453. The molecule has 0 heterocycles. The van der Waals surface area contributed by atoms with Gasteiger partial charge in [0.25, 0.3) is 0 Å². The third-order valence-corrected chi connectivity index (χ3v) is 2.31. The number of hydrogen-bond acceptors (Lipinski definition) is 2. The van der Waals surface area contributed by atoms with Gasteiger partial charge in [-0.3, -0.25) is 0 Å². The Hall–Kier alpha value is -0.770. The molecule has 0 aromatic heterocycles. The molecule has 0 aliphatic carbocycles. The van der Waals surface area contributed by atoms with Gasteiger partial charge in [0, 0.05) is 6.04 Å². The van der Waals surface area contributed by atoms with E-state index in [4.69, 9.17) is 11.5 Å². The van der Waals surface area contributed by atoms with Crippen LogP contribution >= 0.6 is 0 Å². The lowest BCUT2D eigenvalue weighted by atomic mass is 9.84. The normalized spacial score (nSPS) is 13.7. The van der Waals surface area contributed by atoms with E-state index in [0.29, 0.717) is 6.54 Å². The second kappa shape index (κ2) is 5.86. The number of rotatable bonds is 5. The van der Waals surface area contributed by atoms with Crippen molar-refractivity contribution in [2.24, 2.45) is 16.9 Å². The SMILES string of the molecule is CC(C)(C)C(CCCCN)NC(N)=O. The Kier molecular flexibility index (Phi) is 5.53. The number of nitrogens with two attached hydrogens (primary N) is 2. The lowest BCUT2D eigenvalue weighted by Crippen LogP contribution is -2.46. The summed E-state index contributed by atoms with van der Waals surface area (Å²) in [4.78, 5) is 10.8. The van der Waals surface area contributed by atoms with Crippen LogP contribution in [0.25, 0.3) is 0 Å². The molecule has 0 rings (SSSR count). The first kappa shape index (κ1) is 13.2. The van der Waals surface area contributed by atoms with Crippen LogP contribution in [0.2, 0.25) is 0 Å². The first-order chi connectivity index (χ1) is 6.38. The highest BCUT2D eigenvalue weighted by Crippen LogP contribution is 2.23. The van der Waals surface area contributed by atoms with Gasteiger partial charge in [0.2, 0.25) is 0 Å². The van der Waals surface area contributed by atoms with Gasteiger partial charge in [0.1, 0.15) is 0 Å². The predicted octanol–water partition coefficient (Wildman–Crippen LogP) is 1.20. The maximum absolute atomic E-state index is 10.8. The minimum Gasteiger partial charge on any atom is -0.352 e. The van der Waals surface area contributed by atoms with Crippen LogP contribution in [-0.2, 0) is 0 Å². The van der Waals surface area contributed by atoms with Crippen molar-refractivity contribution >= 4 is 6.03 Å². The third-order valence-electron chi connectivity index (χ3n) is 2.31. The average Bonchev–Trinajstić information content (AvgIpc) is 2.00. The van der Waals surface area contributed by atoms with E-state index in [0.717, 1.165) is 19.3 Å². The molecule has 1 atom stereocenters. The number of amides is 2. The Morgan fingerprint density at radius 3 is 2.29 bits per heavy atom. The van der Waals surface area contributed by atoms with Crippen LogP contribution in [-0.4, -0.2) is 18.6 Å². The maximum atomic E-state index is 10.8. The van der Waals surface area contributed by atoms with E-state index >= 15 is 0 Å². The fraction of sp³-hybridized carbons (Fsp3) is 0.900. The van der Waals surface area contributed by atoms with E-state index in [-0.39, 0.29) is 11.5 Å². The van der Waals surface area contributed by atoms with Gasteiger partial charge in [-0.25, -0.2) is 4.79 Å². The number of unbranched alkanes of at least 4 members (excludes halogenated alkanes) is 1. The summed E-state index contributed by atoms with van der Waals surface area (Å²) >= 11 is 0. The number of carbonyl (C=O) groups excluding carboxylic acids is 1. The second-order valence-corrected chi connectivity index (χ2v) is 4.71. The molecule has 2 amide bonds. The van der Waals surface area contributed by atoms with E-state index in [2.05, 4.69) is 26.1 Å². The van der Waals surface area contributed by atoms with Gasteiger partial charge in [-0.05, 0) is 24.8 Å². The van der Waals surface area contributed by atoms with E-state index in [1.807, 2.05) is 0 Å². The number of carbonyl (C=O) groups is 1. The van der Waals surface area contributed by atoms with Crippen LogP contribution in [0.1, 0.15) is 40.0 Å². The molecule has 0 radical (unpaired) electrons. The zero-order valence-corrected chi connectivity index (χ0v) is 9.47. The summed E-state index contributed by atoms with van der Waals surface area (Å²) in [6.07, 6.45) is 2.95. The van der Waals surface area contributed by atoms with Gasteiger partial charge in [-0.15, -0.1) is 0 Å². The molecule has 4 nitrogen and oxygen atoms in total. The van der Waals surface area contributed by atoms with E-state index < -0.39 is 6.03 Å². The molecule has 0 bridgehead atoms. The van der Waals surface area contributed by atoms with Crippen molar-refractivity contribution in [3.8, 4) is 0 Å². The van der Waals surface area contributed by atoms with Gasteiger partial charge in [-0.1, -0.05) is 27.2 Å². The van der Waals surface area contributed by atoms with Gasteiger partial charge in [-0.2, -0.15) is 0 Å². The Morgan fingerprint density at radius 2 is 1.93 bits per heavy atom. The van der Waals surface area contributed by atoms with Crippen LogP contribution in [0.5, 0.6) is 0 Å². The minimum atomic E-state index is -0.447. The molecule has 0 aromatic rings. The molecular weight excluding hydrogens is 178 g/mol. The Morgan fingerprint density at radius 1 is 1.36 bits per heavy atom. The molecular formula is C10H23N3O. The lowest BCUT2D eigenvalue weighted by Gasteiger charge is -2.31. The first-order valence-electron chi connectivity index (χ1n) is 5.14. The zero-order valence-electron chi connectivity index (χ0n) is 9.47. The Bertz CT molecular complexity index is 175. The highest BCUT2D eigenvalue weighted by Gasteiger charge is 2.24. The standard InChI is InChI=1S/C10H23N3O/c1-10(2,3)8(13-9(12)14)6-4-5-7-11/h8H,4-7,11H2,1-3H3,(H3,12,13,14). The summed E-state index contributed by atoms with van der Waals surface area (Å²) in [7, 11) is 0. The summed E-state index contributed by atoms with van der Waals surface area (Å²) < 4.78 is 0. The average molecular weight is 201 g/mol. The van der Waals surface area contributed by atoms with Crippen molar-refractivity contribution < 1.29 is 4.79 Å². The lowest BCUT2D eigenvalue weighted by molar-refractivity contribution is 0.219. The molecule has 14 heavy (non-hydrogen) atoms. The molecule has 4 heteroatoms.